The standard InChI is InChI=1S/C18H16N2O2/c1-2-6-17(7-3-1)22-18-10-8-16(9-11-18)21-15-5-14-20-13-4-12-19-20/h1-14H,15H2/b14-5+. The highest BCUT2D eigenvalue weighted by molar-refractivity contribution is 5.35. The van der Waals surface area contributed by atoms with Gasteiger partial charge in [-0.25, -0.2) is 4.68 Å². The second-order valence-corrected chi connectivity index (χ2v) is 4.57. The number of rotatable bonds is 6. The zero-order chi connectivity index (χ0) is 15.0. The van der Waals surface area contributed by atoms with Gasteiger partial charge in [-0.1, -0.05) is 18.2 Å². The van der Waals surface area contributed by atoms with Crippen LogP contribution in [0.2, 0.25) is 0 Å². The molecule has 4 nitrogen and oxygen atoms in total. The molecule has 0 unspecified atom stereocenters. The number of para-hydroxylation sites is 1. The first kappa shape index (κ1) is 13.9. The van der Waals surface area contributed by atoms with Crippen LogP contribution in [-0.4, -0.2) is 16.4 Å². The molecule has 3 aromatic rings. The second-order valence-electron chi connectivity index (χ2n) is 4.57. The fraction of sp³-hybridized carbons (Fsp3) is 0.0556. The molecule has 3 rings (SSSR count). The summed E-state index contributed by atoms with van der Waals surface area (Å²) >= 11 is 0. The molecular formula is C18H16N2O2. The molecule has 0 saturated carbocycles. The number of hydrogen-bond acceptors (Lipinski definition) is 3. The van der Waals surface area contributed by atoms with E-state index in [4.69, 9.17) is 9.47 Å². The first-order valence-corrected chi connectivity index (χ1v) is 7.02. The van der Waals surface area contributed by atoms with E-state index in [1.807, 2.05) is 79.1 Å². The van der Waals surface area contributed by atoms with E-state index >= 15 is 0 Å². The Morgan fingerprint density at radius 1 is 0.864 bits per heavy atom. The molecule has 0 fully saturated rings. The fourth-order valence-electron chi connectivity index (χ4n) is 1.89. The summed E-state index contributed by atoms with van der Waals surface area (Å²) in [6.45, 7) is 0.485. The van der Waals surface area contributed by atoms with Crippen LogP contribution in [0.25, 0.3) is 6.20 Å². The molecule has 0 bridgehead atoms. The van der Waals surface area contributed by atoms with Crippen molar-refractivity contribution in [1.29, 1.82) is 0 Å². The third kappa shape index (κ3) is 3.99. The van der Waals surface area contributed by atoms with E-state index in [0.29, 0.717) is 6.61 Å². The van der Waals surface area contributed by atoms with Crippen LogP contribution in [-0.2, 0) is 0 Å². The summed E-state index contributed by atoms with van der Waals surface area (Å²) in [5.41, 5.74) is 0. The van der Waals surface area contributed by atoms with Gasteiger partial charge in [0.15, 0.2) is 0 Å². The second kappa shape index (κ2) is 7.13. The monoisotopic (exact) mass is 292 g/mol. The van der Waals surface area contributed by atoms with Gasteiger partial charge in [0.05, 0.1) is 0 Å². The van der Waals surface area contributed by atoms with Gasteiger partial charge in [-0.15, -0.1) is 0 Å². The van der Waals surface area contributed by atoms with E-state index < -0.39 is 0 Å². The van der Waals surface area contributed by atoms with Crippen molar-refractivity contribution in [2.75, 3.05) is 6.61 Å². The maximum atomic E-state index is 5.73. The summed E-state index contributed by atoms with van der Waals surface area (Å²) in [4.78, 5) is 0. The van der Waals surface area contributed by atoms with E-state index in [9.17, 15) is 0 Å². The summed E-state index contributed by atoms with van der Waals surface area (Å²) in [6, 6.07) is 19.1. The number of hydrogen-bond donors (Lipinski definition) is 0. The maximum absolute atomic E-state index is 5.73. The van der Waals surface area contributed by atoms with Crippen molar-refractivity contribution in [3.05, 3.63) is 79.1 Å². The van der Waals surface area contributed by atoms with Gasteiger partial charge in [0.25, 0.3) is 0 Å². The number of ether oxygens (including phenoxy) is 2. The molecule has 4 heteroatoms. The van der Waals surface area contributed by atoms with Crippen molar-refractivity contribution in [2.45, 2.75) is 0 Å². The lowest BCUT2D eigenvalue weighted by Crippen LogP contribution is -1.94. The molecule has 0 aliphatic carbocycles. The van der Waals surface area contributed by atoms with Crippen molar-refractivity contribution in [1.82, 2.24) is 9.78 Å². The molecule has 0 aliphatic heterocycles. The minimum absolute atomic E-state index is 0.485. The largest absolute Gasteiger partial charge is 0.489 e. The van der Waals surface area contributed by atoms with E-state index in [1.165, 1.54) is 0 Å². The van der Waals surface area contributed by atoms with E-state index in [-0.39, 0.29) is 0 Å². The summed E-state index contributed by atoms with van der Waals surface area (Å²) < 4.78 is 13.1. The number of nitrogens with zero attached hydrogens (tertiary/aromatic N) is 2. The molecule has 1 heterocycles. The van der Waals surface area contributed by atoms with Gasteiger partial charge in [0, 0.05) is 18.6 Å². The molecule has 2 aromatic carbocycles. The third-order valence-electron chi connectivity index (χ3n) is 2.93. The van der Waals surface area contributed by atoms with Crippen LogP contribution < -0.4 is 9.47 Å². The summed E-state index contributed by atoms with van der Waals surface area (Å²) in [5, 5.41) is 4.07. The molecular weight excluding hydrogens is 276 g/mol. The Kier molecular flexibility index (Phi) is 4.52. The van der Waals surface area contributed by atoms with Crippen molar-refractivity contribution in [3.63, 3.8) is 0 Å². The van der Waals surface area contributed by atoms with Crippen molar-refractivity contribution in [2.24, 2.45) is 0 Å². The average Bonchev–Trinajstić information content (AvgIpc) is 3.07. The molecule has 110 valence electrons. The van der Waals surface area contributed by atoms with Gasteiger partial charge < -0.3 is 9.47 Å². The van der Waals surface area contributed by atoms with Crippen LogP contribution in [0.15, 0.2) is 79.1 Å². The average molecular weight is 292 g/mol. The molecule has 0 spiro atoms. The highest BCUT2D eigenvalue weighted by Gasteiger charge is 1.97. The number of benzene rings is 2. The molecule has 0 aliphatic rings. The van der Waals surface area contributed by atoms with Crippen LogP contribution >= 0.6 is 0 Å². The first-order valence-electron chi connectivity index (χ1n) is 7.02. The first-order chi connectivity index (χ1) is 10.9. The molecule has 0 saturated heterocycles. The zero-order valence-electron chi connectivity index (χ0n) is 12.0. The van der Waals surface area contributed by atoms with E-state index in [1.54, 1.807) is 10.9 Å². The van der Waals surface area contributed by atoms with Gasteiger partial charge >= 0.3 is 0 Å². The van der Waals surface area contributed by atoms with Gasteiger partial charge in [-0.3, -0.25) is 0 Å². The van der Waals surface area contributed by atoms with Crippen molar-refractivity contribution in [3.8, 4) is 17.2 Å². The Bertz CT molecular complexity index is 705. The Morgan fingerprint density at radius 2 is 1.59 bits per heavy atom. The van der Waals surface area contributed by atoms with Crippen LogP contribution in [0.5, 0.6) is 17.2 Å². The van der Waals surface area contributed by atoms with Crippen LogP contribution in [0.3, 0.4) is 0 Å². The van der Waals surface area contributed by atoms with Crippen LogP contribution in [0.4, 0.5) is 0 Å². The predicted octanol–water partition coefficient (Wildman–Crippen LogP) is 4.23. The van der Waals surface area contributed by atoms with Crippen LogP contribution in [0.1, 0.15) is 0 Å². The van der Waals surface area contributed by atoms with Crippen molar-refractivity contribution >= 4 is 6.20 Å². The van der Waals surface area contributed by atoms with E-state index in [2.05, 4.69) is 5.10 Å². The minimum atomic E-state index is 0.485. The Hall–Kier alpha value is -3.01. The quantitative estimate of drug-likeness (QED) is 0.682. The lowest BCUT2D eigenvalue weighted by Gasteiger charge is -2.07. The van der Waals surface area contributed by atoms with Gasteiger partial charge in [0.2, 0.25) is 0 Å². The predicted molar refractivity (Wildman–Crippen MR) is 86.0 cm³/mol. The number of aromatic nitrogens is 2. The lowest BCUT2D eigenvalue weighted by atomic mass is 10.3. The SMILES string of the molecule is C(=C\n1cccn1)/COc1ccc(Oc2ccccc2)cc1. The topological polar surface area (TPSA) is 36.3 Å². The normalized spacial score (nSPS) is 10.7. The Balaban J connectivity index is 1.51. The summed E-state index contributed by atoms with van der Waals surface area (Å²) in [6.07, 6.45) is 7.36. The molecule has 0 radical (unpaired) electrons. The highest BCUT2D eigenvalue weighted by atomic mass is 16.5. The maximum Gasteiger partial charge on any atom is 0.127 e. The third-order valence-corrected chi connectivity index (χ3v) is 2.93. The van der Waals surface area contributed by atoms with E-state index in [0.717, 1.165) is 17.2 Å². The highest BCUT2D eigenvalue weighted by Crippen LogP contribution is 2.23. The molecule has 0 atom stereocenters. The summed E-state index contributed by atoms with van der Waals surface area (Å²) in [5.74, 6) is 2.40. The van der Waals surface area contributed by atoms with Crippen molar-refractivity contribution < 1.29 is 9.47 Å². The molecule has 0 amide bonds. The Morgan fingerprint density at radius 3 is 2.32 bits per heavy atom. The van der Waals surface area contributed by atoms with Gasteiger partial charge in [0.1, 0.15) is 23.9 Å². The molecule has 0 N–H and O–H groups in total. The summed E-state index contributed by atoms with van der Waals surface area (Å²) in [7, 11) is 0. The Labute approximate surface area is 129 Å². The van der Waals surface area contributed by atoms with Gasteiger partial charge in [-0.05, 0) is 48.5 Å². The minimum Gasteiger partial charge on any atom is -0.489 e. The fourth-order valence-corrected chi connectivity index (χ4v) is 1.89. The molecule has 1 aromatic heterocycles. The molecule has 22 heavy (non-hydrogen) atoms. The van der Waals surface area contributed by atoms with Gasteiger partial charge in [-0.2, -0.15) is 5.10 Å². The zero-order valence-corrected chi connectivity index (χ0v) is 12.0. The van der Waals surface area contributed by atoms with Crippen LogP contribution in [0, 0.1) is 0 Å². The lowest BCUT2D eigenvalue weighted by molar-refractivity contribution is 0.362. The smallest absolute Gasteiger partial charge is 0.127 e.